The smallest absolute Gasteiger partial charge is 0.213 e. The summed E-state index contributed by atoms with van der Waals surface area (Å²) in [4.78, 5) is 4.45. The molecule has 1 rings (SSSR count). The average molecular weight is 252 g/mol. The van der Waals surface area contributed by atoms with Crippen LogP contribution in [0.25, 0.3) is 0 Å². The molecule has 4 nitrogen and oxygen atoms in total. The van der Waals surface area contributed by atoms with E-state index in [1.807, 2.05) is 27.0 Å². The van der Waals surface area contributed by atoms with Crippen molar-refractivity contribution in [1.82, 2.24) is 10.3 Å². The van der Waals surface area contributed by atoms with Gasteiger partial charge in [-0.25, -0.2) is 4.98 Å². The maximum atomic E-state index is 5.62. The summed E-state index contributed by atoms with van der Waals surface area (Å²) in [6.07, 6.45) is 1.15. The Bertz CT molecular complexity index is 354. The molecule has 0 aliphatic heterocycles. The number of nitrogens with one attached hydrogen (secondary N) is 1. The highest BCUT2D eigenvalue weighted by Gasteiger charge is 2.03. The number of aryl methyl sites for hydroxylation is 1. The van der Waals surface area contributed by atoms with Gasteiger partial charge < -0.3 is 14.8 Å². The number of hydrogen-bond acceptors (Lipinski definition) is 4. The Morgan fingerprint density at radius 3 is 2.67 bits per heavy atom. The van der Waals surface area contributed by atoms with Crippen LogP contribution >= 0.6 is 0 Å². The van der Waals surface area contributed by atoms with Gasteiger partial charge in [-0.3, -0.25) is 0 Å². The van der Waals surface area contributed by atoms with Crippen molar-refractivity contribution < 1.29 is 9.47 Å². The monoisotopic (exact) mass is 252 g/mol. The quantitative estimate of drug-likeness (QED) is 0.720. The van der Waals surface area contributed by atoms with Crippen molar-refractivity contribution in [1.29, 1.82) is 0 Å². The second-order valence-electron chi connectivity index (χ2n) is 4.46. The van der Waals surface area contributed by atoms with Crippen LogP contribution in [-0.2, 0) is 17.7 Å². The molecule has 0 saturated heterocycles. The first-order valence-electron chi connectivity index (χ1n) is 6.54. The minimum absolute atomic E-state index is 0.239. The van der Waals surface area contributed by atoms with Gasteiger partial charge in [0.2, 0.25) is 5.88 Å². The van der Waals surface area contributed by atoms with Crippen LogP contribution in [0.4, 0.5) is 0 Å². The summed E-state index contributed by atoms with van der Waals surface area (Å²) in [5, 5.41) is 3.14. The Kier molecular flexibility index (Phi) is 6.68. The number of hydrogen-bond donors (Lipinski definition) is 1. The SMILES string of the molecule is CCc1cc(CNC)cc(OCCOC(C)C)n1. The Morgan fingerprint density at radius 2 is 2.06 bits per heavy atom. The van der Waals surface area contributed by atoms with E-state index < -0.39 is 0 Å². The van der Waals surface area contributed by atoms with Crippen molar-refractivity contribution in [3.05, 3.63) is 23.4 Å². The summed E-state index contributed by atoms with van der Waals surface area (Å²) in [7, 11) is 1.93. The van der Waals surface area contributed by atoms with Crippen molar-refractivity contribution in [2.24, 2.45) is 0 Å². The zero-order valence-electron chi connectivity index (χ0n) is 11.8. The molecule has 0 aromatic carbocycles. The molecule has 1 aromatic heterocycles. The van der Waals surface area contributed by atoms with Gasteiger partial charge >= 0.3 is 0 Å². The molecule has 0 bridgehead atoms. The molecule has 0 amide bonds. The lowest BCUT2D eigenvalue weighted by Crippen LogP contribution is -2.13. The van der Waals surface area contributed by atoms with Crippen molar-refractivity contribution in [3.8, 4) is 5.88 Å². The van der Waals surface area contributed by atoms with Gasteiger partial charge in [0.1, 0.15) is 6.61 Å². The van der Waals surface area contributed by atoms with Crippen molar-refractivity contribution >= 4 is 0 Å². The van der Waals surface area contributed by atoms with Crippen LogP contribution in [0.2, 0.25) is 0 Å². The minimum atomic E-state index is 0.239. The molecular formula is C14H24N2O2. The van der Waals surface area contributed by atoms with Gasteiger partial charge in [0.25, 0.3) is 0 Å². The Balaban J connectivity index is 2.55. The molecule has 0 saturated carbocycles. The lowest BCUT2D eigenvalue weighted by Gasteiger charge is -2.11. The van der Waals surface area contributed by atoms with Gasteiger partial charge in [-0.05, 0) is 38.9 Å². The van der Waals surface area contributed by atoms with Gasteiger partial charge in [-0.15, -0.1) is 0 Å². The van der Waals surface area contributed by atoms with Crippen molar-refractivity contribution in [3.63, 3.8) is 0 Å². The van der Waals surface area contributed by atoms with E-state index in [2.05, 4.69) is 23.3 Å². The molecule has 1 N–H and O–H groups in total. The van der Waals surface area contributed by atoms with E-state index in [0.29, 0.717) is 19.1 Å². The van der Waals surface area contributed by atoms with E-state index in [1.165, 1.54) is 5.56 Å². The number of ether oxygens (including phenoxy) is 2. The zero-order chi connectivity index (χ0) is 13.4. The molecular weight excluding hydrogens is 228 g/mol. The fraction of sp³-hybridized carbons (Fsp3) is 0.643. The van der Waals surface area contributed by atoms with Crippen LogP contribution in [0.1, 0.15) is 32.0 Å². The van der Waals surface area contributed by atoms with E-state index in [9.17, 15) is 0 Å². The average Bonchev–Trinajstić information content (AvgIpc) is 2.34. The minimum Gasteiger partial charge on any atom is -0.475 e. The summed E-state index contributed by atoms with van der Waals surface area (Å²) in [6, 6.07) is 4.08. The number of pyridine rings is 1. The third-order valence-corrected chi connectivity index (χ3v) is 2.44. The second-order valence-corrected chi connectivity index (χ2v) is 4.46. The topological polar surface area (TPSA) is 43.4 Å². The van der Waals surface area contributed by atoms with Crippen LogP contribution in [0.15, 0.2) is 12.1 Å². The highest BCUT2D eigenvalue weighted by atomic mass is 16.5. The van der Waals surface area contributed by atoms with E-state index in [-0.39, 0.29) is 6.10 Å². The highest BCUT2D eigenvalue weighted by Crippen LogP contribution is 2.13. The predicted octanol–water partition coefficient (Wildman–Crippen LogP) is 2.17. The summed E-state index contributed by atoms with van der Waals surface area (Å²) in [5.41, 5.74) is 2.26. The molecule has 18 heavy (non-hydrogen) atoms. The van der Waals surface area contributed by atoms with Crippen molar-refractivity contribution in [2.45, 2.75) is 39.8 Å². The molecule has 0 radical (unpaired) electrons. The molecule has 1 heterocycles. The lowest BCUT2D eigenvalue weighted by molar-refractivity contribution is 0.0542. The van der Waals surface area contributed by atoms with Gasteiger partial charge in [-0.1, -0.05) is 6.92 Å². The van der Waals surface area contributed by atoms with Gasteiger partial charge in [-0.2, -0.15) is 0 Å². The fourth-order valence-corrected chi connectivity index (χ4v) is 1.61. The fourth-order valence-electron chi connectivity index (χ4n) is 1.61. The van der Waals surface area contributed by atoms with Crippen LogP contribution < -0.4 is 10.1 Å². The molecule has 4 heteroatoms. The van der Waals surface area contributed by atoms with Crippen LogP contribution in [0.3, 0.4) is 0 Å². The first-order chi connectivity index (χ1) is 8.65. The lowest BCUT2D eigenvalue weighted by atomic mass is 10.2. The molecule has 0 aliphatic rings. The first kappa shape index (κ1) is 14.9. The highest BCUT2D eigenvalue weighted by molar-refractivity contribution is 5.25. The van der Waals surface area contributed by atoms with Crippen LogP contribution in [0.5, 0.6) is 5.88 Å². The standard InChI is InChI=1S/C14H24N2O2/c1-5-13-8-12(10-15-4)9-14(16-13)18-7-6-17-11(2)3/h8-9,11,15H,5-7,10H2,1-4H3. The largest absolute Gasteiger partial charge is 0.475 e. The molecule has 0 aliphatic carbocycles. The van der Waals surface area contributed by atoms with Crippen molar-refractivity contribution in [2.75, 3.05) is 20.3 Å². The van der Waals surface area contributed by atoms with E-state index >= 15 is 0 Å². The first-order valence-corrected chi connectivity index (χ1v) is 6.54. The normalized spacial score (nSPS) is 10.9. The summed E-state index contributed by atoms with van der Waals surface area (Å²) < 4.78 is 11.1. The van der Waals surface area contributed by atoms with E-state index in [0.717, 1.165) is 18.7 Å². The molecule has 0 fully saturated rings. The zero-order valence-corrected chi connectivity index (χ0v) is 11.8. The summed E-state index contributed by atoms with van der Waals surface area (Å²) in [5.74, 6) is 0.687. The van der Waals surface area contributed by atoms with Crippen LogP contribution in [-0.4, -0.2) is 31.3 Å². The second kappa shape index (κ2) is 8.06. The number of aromatic nitrogens is 1. The summed E-state index contributed by atoms with van der Waals surface area (Å²) in [6.45, 7) is 8.09. The maximum absolute atomic E-state index is 5.62. The molecule has 1 aromatic rings. The van der Waals surface area contributed by atoms with Crippen LogP contribution in [0, 0.1) is 0 Å². The van der Waals surface area contributed by atoms with E-state index in [4.69, 9.17) is 9.47 Å². The number of nitrogens with zero attached hydrogens (tertiary/aromatic N) is 1. The molecule has 0 atom stereocenters. The van der Waals surface area contributed by atoms with Gasteiger partial charge in [0.05, 0.1) is 12.7 Å². The summed E-state index contributed by atoms with van der Waals surface area (Å²) >= 11 is 0. The Hall–Kier alpha value is -1.13. The predicted molar refractivity (Wildman–Crippen MR) is 73.0 cm³/mol. The molecule has 0 spiro atoms. The third kappa shape index (κ3) is 5.47. The Morgan fingerprint density at radius 1 is 1.28 bits per heavy atom. The third-order valence-electron chi connectivity index (χ3n) is 2.44. The number of rotatable bonds is 8. The van der Waals surface area contributed by atoms with Gasteiger partial charge in [0, 0.05) is 18.3 Å². The van der Waals surface area contributed by atoms with Gasteiger partial charge in [0.15, 0.2) is 0 Å². The Labute approximate surface area is 110 Å². The molecule has 102 valence electrons. The van der Waals surface area contributed by atoms with E-state index in [1.54, 1.807) is 0 Å². The molecule has 0 unspecified atom stereocenters. The maximum Gasteiger partial charge on any atom is 0.213 e.